The average molecular weight is 358 g/mol. The summed E-state index contributed by atoms with van der Waals surface area (Å²) in [6.45, 7) is 1.49. The number of rotatable bonds is 5. The summed E-state index contributed by atoms with van der Waals surface area (Å²) in [6, 6.07) is 8.74. The lowest BCUT2D eigenvalue weighted by Gasteiger charge is -2.26. The standard InChI is InChI=1S/C16H17F3N2O2S/c1-15(23,11-6-4-3-5-7-11)8-14(22)21(2)9-13-20-12(10-24-13)16(17,18)19/h3-7,10,23H,8-9H2,1-2H3. The van der Waals surface area contributed by atoms with Gasteiger partial charge in [0.25, 0.3) is 0 Å². The van der Waals surface area contributed by atoms with Gasteiger partial charge in [0.15, 0.2) is 5.69 Å². The van der Waals surface area contributed by atoms with Gasteiger partial charge in [0.2, 0.25) is 5.91 Å². The number of halogens is 3. The molecule has 1 unspecified atom stereocenters. The first-order valence-corrected chi connectivity index (χ1v) is 8.01. The molecule has 0 aliphatic rings. The second-order valence-corrected chi connectivity index (χ2v) is 6.63. The molecule has 0 fully saturated rings. The average Bonchev–Trinajstić information content (AvgIpc) is 2.96. The molecule has 0 aliphatic carbocycles. The van der Waals surface area contributed by atoms with E-state index in [9.17, 15) is 23.1 Å². The van der Waals surface area contributed by atoms with Gasteiger partial charge < -0.3 is 10.0 Å². The third kappa shape index (κ3) is 4.55. The van der Waals surface area contributed by atoms with E-state index < -0.39 is 17.5 Å². The summed E-state index contributed by atoms with van der Waals surface area (Å²) in [5, 5.41) is 11.6. The van der Waals surface area contributed by atoms with Gasteiger partial charge in [-0.25, -0.2) is 4.98 Å². The Balaban J connectivity index is 2.01. The fraction of sp³-hybridized carbons (Fsp3) is 0.375. The van der Waals surface area contributed by atoms with E-state index in [1.807, 2.05) is 0 Å². The second-order valence-electron chi connectivity index (χ2n) is 5.69. The van der Waals surface area contributed by atoms with Crippen LogP contribution in [0.15, 0.2) is 35.7 Å². The fourth-order valence-electron chi connectivity index (χ4n) is 2.13. The smallest absolute Gasteiger partial charge is 0.385 e. The van der Waals surface area contributed by atoms with E-state index in [-0.39, 0.29) is 23.9 Å². The van der Waals surface area contributed by atoms with Crippen molar-refractivity contribution in [3.05, 3.63) is 52.0 Å². The number of carbonyl (C=O) groups excluding carboxylic acids is 1. The molecule has 0 saturated heterocycles. The molecule has 2 rings (SSSR count). The molecule has 1 atom stereocenters. The summed E-state index contributed by atoms with van der Waals surface area (Å²) >= 11 is 0.849. The molecule has 0 spiro atoms. The SMILES string of the molecule is CN(Cc1nc(C(F)(F)F)cs1)C(=O)CC(C)(O)c1ccccc1. The first-order chi connectivity index (χ1) is 11.1. The van der Waals surface area contributed by atoms with Crippen molar-refractivity contribution < 1.29 is 23.1 Å². The Morgan fingerprint density at radius 3 is 2.46 bits per heavy atom. The summed E-state index contributed by atoms with van der Waals surface area (Å²) in [7, 11) is 1.47. The lowest BCUT2D eigenvalue weighted by atomic mass is 9.92. The van der Waals surface area contributed by atoms with Crippen molar-refractivity contribution in [3.63, 3.8) is 0 Å². The van der Waals surface area contributed by atoms with E-state index in [4.69, 9.17) is 0 Å². The number of carbonyl (C=O) groups is 1. The highest BCUT2D eigenvalue weighted by Crippen LogP contribution is 2.30. The first-order valence-electron chi connectivity index (χ1n) is 7.13. The van der Waals surface area contributed by atoms with E-state index in [2.05, 4.69) is 4.98 Å². The Morgan fingerprint density at radius 1 is 1.29 bits per heavy atom. The molecule has 4 nitrogen and oxygen atoms in total. The molecule has 8 heteroatoms. The van der Waals surface area contributed by atoms with Gasteiger partial charge in [-0.2, -0.15) is 13.2 Å². The normalized spacial score (nSPS) is 14.2. The largest absolute Gasteiger partial charge is 0.434 e. The monoisotopic (exact) mass is 358 g/mol. The van der Waals surface area contributed by atoms with Gasteiger partial charge in [0.1, 0.15) is 5.01 Å². The van der Waals surface area contributed by atoms with Crippen LogP contribution in [0.5, 0.6) is 0 Å². The third-order valence-electron chi connectivity index (χ3n) is 3.53. The highest BCUT2D eigenvalue weighted by Gasteiger charge is 2.34. The Bertz CT molecular complexity index is 699. The van der Waals surface area contributed by atoms with Crippen LogP contribution in [-0.2, 0) is 23.1 Å². The molecule has 1 aromatic carbocycles. The summed E-state index contributed by atoms with van der Waals surface area (Å²) in [4.78, 5) is 17.0. The van der Waals surface area contributed by atoms with Crippen molar-refractivity contribution in [1.29, 1.82) is 0 Å². The van der Waals surface area contributed by atoms with Gasteiger partial charge in [-0.15, -0.1) is 11.3 Å². The van der Waals surface area contributed by atoms with Crippen LogP contribution in [0.25, 0.3) is 0 Å². The maximum Gasteiger partial charge on any atom is 0.434 e. The van der Waals surface area contributed by atoms with E-state index in [0.29, 0.717) is 5.56 Å². The number of hydrogen-bond acceptors (Lipinski definition) is 4. The Labute approximate surface area is 141 Å². The molecule has 24 heavy (non-hydrogen) atoms. The Hall–Kier alpha value is -1.93. The van der Waals surface area contributed by atoms with E-state index in [1.54, 1.807) is 30.3 Å². The lowest BCUT2D eigenvalue weighted by molar-refractivity contribution is -0.140. The minimum atomic E-state index is -4.49. The number of nitrogens with zero attached hydrogens (tertiary/aromatic N) is 2. The molecule has 1 aromatic heterocycles. The van der Waals surface area contributed by atoms with E-state index >= 15 is 0 Å². The predicted octanol–water partition coefficient (Wildman–Crippen LogP) is 3.42. The topological polar surface area (TPSA) is 53.4 Å². The zero-order valence-corrected chi connectivity index (χ0v) is 14.0. The minimum Gasteiger partial charge on any atom is -0.385 e. The zero-order chi connectivity index (χ0) is 18.0. The van der Waals surface area contributed by atoms with Gasteiger partial charge in [0, 0.05) is 12.4 Å². The molecular formula is C16H17F3N2O2S. The summed E-state index contributed by atoms with van der Waals surface area (Å²) in [5.41, 5.74) is -1.72. The van der Waals surface area contributed by atoms with Gasteiger partial charge in [-0.1, -0.05) is 30.3 Å². The molecule has 2 aromatic rings. The molecule has 0 saturated carbocycles. The van der Waals surface area contributed by atoms with Crippen molar-refractivity contribution in [2.45, 2.75) is 31.7 Å². The van der Waals surface area contributed by atoms with Crippen LogP contribution in [0.4, 0.5) is 13.2 Å². The number of hydrogen-bond donors (Lipinski definition) is 1. The van der Waals surface area contributed by atoms with Crippen LogP contribution < -0.4 is 0 Å². The number of benzene rings is 1. The summed E-state index contributed by atoms with van der Waals surface area (Å²) < 4.78 is 37.6. The van der Waals surface area contributed by atoms with Gasteiger partial charge >= 0.3 is 6.18 Å². The number of alkyl halides is 3. The fourth-order valence-corrected chi connectivity index (χ4v) is 2.99. The van der Waals surface area contributed by atoms with Crippen LogP contribution in [-0.4, -0.2) is 27.9 Å². The van der Waals surface area contributed by atoms with Crippen molar-refractivity contribution in [3.8, 4) is 0 Å². The predicted molar refractivity (Wildman–Crippen MR) is 84.2 cm³/mol. The number of aromatic nitrogens is 1. The van der Waals surface area contributed by atoms with Crippen molar-refractivity contribution in [1.82, 2.24) is 9.88 Å². The third-order valence-corrected chi connectivity index (χ3v) is 4.37. The maximum absolute atomic E-state index is 12.5. The number of amides is 1. The van der Waals surface area contributed by atoms with Crippen molar-refractivity contribution in [2.24, 2.45) is 0 Å². The van der Waals surface area contributed by atoms with Gasteiger partial charge in [0.05, 0.1) is 18.6 Å². The Morgan fingerprint density at radius 2 is 1.92 bits per heavy atom. The number of thiazole rings is 1. The van der Waals surface area contributed by atoms with Crippen LogP contribution in [0.1, 0.15) is 29.6 Å². The highest BCUT2D eigenvalue weighted by atomic mass is 32.1. The molecule has 1 N–H and O–H groups in total. The molecule has 0 bridgehead atoms. The molecular weight excluding hydrogens is 341 g/mol. The summed E-state index contributed by atoms with van der Waals surface area (Å²) in [5.74, 6) is -0.382. The quantitative estimate of drug-likeness (QED) is 0.891. The molecule has 0 aliphatic heterocycles. The van der Waals surface area contributed by atoms with E-state index in [1.165, 1.54) is 18.9 Å². The minimum absolute atomic E-state index is 0.0373. The van der Waals surface area contributed by atoms with Crippen LogP contribution in [0.2, 0.25) is 0 Å². The second kappa shape index (κ2) is 6.90. The Kier molecular flexibility index (Phi) is 5.29. The van der Waals surface area contributed by atoms with Crippen molar-refractivity contribution >= 4 is 17.2 Å². The zero-order valence-electron chi connectivity index (χ0n) is 13.2. The van der Waals surface area contributed by atoms with Gasteiger partial charge in [-0.3, -0.25) is 4.79 Å². The lowest BCUT2D eigenvalue weighted by Crippen LogP contribution is -2.34. The van der Waals surface area contributed by atoms with Crippen LogP contribution in [0.3, 0.4) is 0 Å². The van der Waals surface area contributed by atoms with E-state index in [0.717, 1.165) is 16.7 Å². The molecule has 1 amide bonds. The van der Waals surface area contributed by atoms with Crippen LogP contribution >= 0.6 is 11.3 Å². The van der Waals surface area contributed by atoms with Crippen LogP contribution in [0, 0.1) is 0 Å². The maximum atomic E-state index is 12.5. The molecule has 130 valence electrons. The summed E-state index contributed by atoms with van der Waals surface area (Å²) in [6.07, 6.45) is -4.67. The first kappa shape index (κ1) is 18.4. The van der Waals surface area contributed by atoms with Gasteiger partial charge in [-0.05, 0) is 12.5 Å². The molecule has 1 heterocycles. The van der Waals surface area contributed by atoms with Crippen molar-refractivity contribution in [2.75, 3.05) is 7.05 Å². The molecule has 0 radical (unpaired) electrons. The number of aliphatic hydroxyl groups is 1. The highest BCUT2D eigenvalue weighted by molar-refractivity contribution is 7.09.